The summed E-state index contributed by atoms with van der Waals surface area (Å²) in [6.45, 7) is 0. The van der Waals surface area contributed by atoms with Gasteiger partial charge in [-0.15, -0.1) is 0 Å². The summed E-state index contributed by atoms with van der Waals surface area (Å²) in [4.78, 5) is 23.8. The van der Waals surface area contributed by atoms with E-state index in [-0.39, 0.29) is 12.3 Å². The number of methoxy groups -OCH3 is 2. The van der Waals surface area contributed by atoms with Crippen LogP contribution in [-0.4, -0.2) is 37.4 Å². The van der Waals surface area contributed by atoms with E-state index in [4.69, 9.17) is 15.3 Å². The number of nitrogens with zero attached hydrogens (tertiary/aromatic N) is 1. The summed E-state index contributed by atoms with van der Waals surface area (Å²) in [5.41, 5.74) is 2.70. The van der Waals surface area contributed by atoms with Crippen molar-refractivity contribution in [1.29, 1.82) is 0 Å². The Morgan fingerprint density at radius 1 is 1.13 bits per heavy atom. The number of unbranched alkanes of at least 4 members (excludes halogenated alkanes) is 1. The number of rotatable bonds is 12. The van der Waals surface area contributed by atoms with Gasteiger partial charge in [-0.25, -0.2) is 0 Å². The number of carboxylic acid groups (broad SMARTS) is 1. The van der Waals surface area contributed by atoms with Crippen LogP contribution in [0.25, 0.3) is 0 Å². The number of hydrazone groups is 1. The summed E-state index contributed by atoms with van der Waals surface area (Å²) in [5.74, 6) is 4.99. The maximum Gasteiger partial charge on any atom is 0.305 e. The Bertz CT molecular complexity index is 897. The number of carbonyl (C=O) groups is 2. The minimum Gasteiger partial charge on any atom is -0.497 e. The Morgan fingerprint density at radius 2 is 1.87 bits per heavy atom. The van der Waals surface area contributed by atoms with E-state index in [9.17, 15) is 14.7 Å². The molecule has 2 aromatic rings. The first kappa shape index (κ1) is 23.7. The van der Waals surface area contributed by atoms with Crippen molar-refractivity contribution in [3.8, 4) is 11.5 Å². The van der Waals surface area contributed by atoms with Gasteiger partial charge in [-0.3, -0.25) is 9.59 Å². The van der Waals surface area contributed by atoms with Gasteiger partial charge in [0.15, 0.2) is 0 Å². The van der Waals surface area contributed by atoms with Crippen LogP contribution in [0.4, 0.5) is 0 Å². The summed E-state index contributed by atoms with van der Waals surface area (Å²) in [7, 11) is 3.03. The van der Waals surface area contributed by atoms with Crippen LogP contribution in [0.3, 0.4) is 0 Å². The first-order chi connectivity index (χ1) is 15.0. The van der Waals surface area contributed by atoms with Crippen molar-refractivity contribution in [2.45, 2.75) is 38.1 Å². The number of aryl methyl sites for hydroxylation is 1. The molecular formula is C23H29N3O5. The molecule has 0 aliphatic carbocycles. The number of carbonyl (C=O) groups excluding carboxylic acids is 1. The first-order valence-corrected chi connectivity index (χ1v) is 10.0. The average Bonchev–Trinajstić information content (AvgIpc) is 2.76. The molecule has 8 heteroatoms. The lowest BCUT2D eigenvalue weighted by atomic mass is 10.0. The zero-order valence-electron chi connectivity index (χ0n) is 17.8. The number of nitrogens with two attached hydrogens (primary N) is 1. The number of aliphatic carboxylic acids is 1. The lowest BCUT2D eigenvalue weighted by molar-refractivity contribution is -0.137. The number of nitrogens with one attached hydrogen (secondary N) is 1. The summed E-state index contributed by atoms with van der Waals surface area (Å²) in [5, 5.41) is 15.6. The van der Waals surface area contributed by atoms with Gasteiger partial charge in [0.05, 0.1) is 32.9 Å². The molecule has 2 rings (SSSR count). The van der Waals surface area contributed by atoms with Crippen molar-refractivity contribution in [1.82, 2.24) is 5.32 Å². The number of benzene rings is 2. The molecule has 0 aromatic heterocycles. The molecule has 2 aromatic carbocycles. The van der Waals surface area contributed by atoms with Gasteiger partial charge < -0.3 is 25.7 Å². The number of amides is 1. The largest absolute Gasteiger partial charge is 0.497 e. The monoisotopic (exact) mass is 427 g/mol. The fourth-order valence-corrected chi connectivity index (χ4v) is 3.26. The summed E-state index contributed by atoms with van der Waals surface area (Å²) in [6, 6.07) is 12.3. The van der Waals surface area contributed by atoms with Crippen molar-refractivity contribution >= 4 is 18.1 Å². The number of hydrogen-bond donors (Lipinski definition) is 3. The van der Waals surface area contributed by atoms with Crippen molar-refractivity contribution < 1.29 is 24.2 Å². The second-order valence-electron chi connectivity index (χ2n) is 7.05. The Kier molecular flexibility index (Phi) is 9.35. The van der Waals surface area contributed by atoms with Crippen molar-refractivity contribution in [3.05, 3.63) is 59.2 Å². The van der Waals surface area contributed by atoms with Gasteiger partial charge in [-0.05, 0) is 42.5 Å². The third kappa shape index (κ3) is 7.65. The molecule has 0 spiro atoms. The van der Waals surface area contributed by atoms with Gasteiger partial charge in [0.1, 0.15) is 11.5 Å². The second-order valence-corrected chi connectivity index (χ2v) is 7.05. The summed E-state index contributed by atoms with van der Waals surface area (Å²) >= 11 is 0. The molecule has 0 saturated heterocycles. The van der Waals surface area contributed by atoms with E-state index in [1.807, 2.05) is 24.3 Å². The Balaban J connectivity index is 1.91. The normalized spacial score (nSPS) is 11.8. The summed E-state index contributed by atoms with van der Waals surface area (Å²) < 4.78 is 10.5. The van der Waals surface area contributed by atoms with E-state index < -0.39 is 12.0 Å². The van der Waals surface area contributed by atoms with E-state index in [0.29, 0.717) is 29.9 Å². The zero-order chi connectivity index (χ0) is 22.6. The minimum atomic E-state index is -1.01. The molecule has 1 unspecified atom stereocenters. The lowest BCUT2D eigenvalue weighted by Gasteiger charge is -2.20. The van der Waals surface area contributed by atoms with Gasteiger partial charge in [0.25, 0.3) is 0 Å². The van der Waals surface area contributed by atoms with Crippen molar-refractivity contribution in [2.75, 3.05) is 14.2 Å². The lowest BCUT2D eigenvalue weighted by Crippen LogP contribution is -2.30. The van der Waals surface area contributed by atoms with Crippen molar-refractivity contribution in [3.63, 3.8) is 0 Å². The fraction of sp³-hybridized carbons (Fsp3) is 0.348. The van der Waals surface area contributed by atoms with E-state index >= 15 is 0 Å². The van der Waals surface area contributed by atoms with E-state index in [2.05, 4.69) is 10.4 Å². The highest BCUT2D eigenvalue weighted by Gasteiger charge is 2.22. The first-order valence-electron chi connectivity index (χ1n) is 10.0. The maximum absolute atomic E-state index is 12.5. The predicted octanol–water partition coefficient (Wildman–Crippen LogP) is 3.04. The molecule has 31 heavy (non-hydrogen) atoms. The average molecular weight is 428 g/mol. The molecule has 0 radical (unpaired) electrons. The highest BCUT2D eigenvalue weighted by Crippen LogP contribution is 2.31. The molecular weight excluding hydrogens is 398 g/mol. The van der Waals surface area contributed by atoms with Gasteiger partial charge in [0, 0.05) is 18.1 Å². The fourth-order valence-electron chi connectivity index (χ4n) is 3.26. The van der Waals surface area contributed by atoms with Gasteiger partial charge in [-0.2, -0.15) is 5.10 Å². The molecule has 1 amide bonds. The highest BCUT2D eigenvalue weighted by molar-refractivity contribution is 5.79. The molecule has 0 aliphatic heterocycles. The number of ether oxygens (including phenoxy) is 2. The van der Waals surface area contributed by atoms with Crippen LogP contribution in [0.15, 0.2) is 47.6 Å². The van der Waals surface area contributed by atoms with E-state index in [0.717, 1.165) is 18.4 Å². The molecule has 0 aliphatic rings. The SMILES string of the molecule is COc1ccc(C(CC(=O)O)NC(=O)CCCCc2ccc(C=NN)cc2)c(OC)c1. The molecule has 166 valence electrons. The van der Waals surface area contributed by atoms with Gasteiger partial charge in [0.2, 0.25) is 5.91 Å². The van der Waals surface area contributed by atoms with Crippen LogP contribution in [0.1, 0.15) is 48.4 Å². The number of carboxylic acids is 1. The maximum atomic E-state index is 12.5. The van der Waals surface area contributed by atoms with Gasteiger partial charge >= 0.3 is 5.97 Å². The zero-order valence-corrected chi connectivity index (χ0v) is 17.8. The smallest absolute Gasteiger partial charge is 0.305 e. The summed E-state index contributed by atoms with van der Waals surface area (Å²) in [6.07, 6.45) is 4.03. The van der Waals surface area contributed by atoms with Crippen LogP contribution in [0.2, 0.25) is 0 Å². The van der Waals surface area contributed by atoms with Crippen LogP contribution >= 0.6 is 0 Å². The topological polar surface area (TPSA) is 123 Å². The third-order valence-corrected chi connectivity index (χ3v) is 4.85. The minimum absolute atomic E-state index is 0.196. The number of hydrogen-bond acceptors (Lipinski definition) is 6. The molecule has 0 heterocycles. The molecule has 8 nitrogen and oxygen atoms in total. The third-order valence-electron chi connectivity index (χ3n) is 4.85. The molecule has 0 fully saturated rings. The van der Waals surface area contributed by atoms with Crippen LogP contribution in [0, 0.1) is 0 Å². The molecule has 4 N–H and O–H groups in total. The Morgan fingerprint density at radius 3 is 2.48 bits per heavy atom. The molecule has 0 saturated carbocycles. The quantitative estimate of drug-likeness (QED) is 0.207. The van der Waals surface area contributed by atoms with Crippen molar-refractivity contribution in [2.24, 2.45) is 10.9 Å². The Hall–Kier alpha value is -3.55. The van der Waals surface area contributed by atoms with Crippen LogP contribution in [-0.2, 0) is 16.0 Å². The van der Waals surface area contributed by atoms with Gasteiger partial charge in [-0.1, -0.05) is 24.3 Å². The molecule has 0 bridgehead atoms. The van der Waals surface area contributed by atoms with Crippen LogP contribution in [0.5, 0.6) is 11.5 Å². The molecule has 1 atom stereocenters. The predicted molar refractivity (Wildman–Crippen MR) is 118 cm³/mol. The van der Waals surface area contributed by atoms with Crippen LogP contribution < -0.4 is 20.6 Å². The standard InChI is InChI=1S/C23H29N3O5/c1-30-18-11-12-19(21(13-18)31-2)20(14-23(28)29)26-22(27)6-4-3-5-16-7-9-17(10-8-16)15-25-24/h7-13,15,20H,3-6,14,24H2,1-2H3,(H,26,27)(H,28,29). The second kappa shape index (κ2) is 12.2. The Labute approximate surface area is 182 Å². The highest BCUT2D eigenvalue weighted by atomic mass is 16.5. The van der Waals surface area contributed by atoms with E-state index in [1.54, 1.807) is 24.4 Å². The van der Waals surface area contributed by atoms with E-state index in [1.165, 1.54) is 19.8 Å².